The molecular weight excluding hydrogens is 228 g/mol. The molecule has 3 saturated heterocycles. The highest BCUT2D eigenvalue weighted by atomic mass is 16.5. The van der Waals surface area contributed by atoms with Crippen molar-refractivity contribution in [2.45, 2.75) is 63.1 Å². The second kappa shape index (κ2) is 5.57. The molecule has 0 aromatic heterocycles. The normalized spacial score (nSPS) is 38.9. The van der Waals surface area contributed by atoms with E-state index in [0.717, 1.165) is 32.4 Å². The second-order valence-corrected chi connectivity index (χ2v) is 5.96. The van der Waals surface area contributed by atoms with E-state index in [0.29, 0.717) is 18.2 Å². The molecule has 0 radical (unpaired) electrons. The third-order valence-corrected chi connectivity index (χ3v) is 4.68. The Morgan fingerprint density at radius 3 is 2.89 bits per heavy atom. The lowest BCUT2D eigenvalue weighted by Crippen LogP contribution is -2.39. The molecule has 2 bridgehead atoms. The molecule has 0 spiro atoms. The molecule has 4 atom stereocenters. The highest BCUT2D eigenvalue weighted by Crippen LogP contribution is 2.33. The van der Waals surface area contributed by atoms with Crippen molar-refractivity contribution in [2.75, 3.05) is 13.2 Å². The molecule has 4 heteroatoms. The summed E-state index contributed by atoms with van der Waals surface area (Å²) in [6, 6.07) is 1.05. The van der Waals surface area contributed by atoms with Gasteiger partial charge in [0.1, 0.15) is 0 Å². The Kier molecular flexibility index (Phi) is 3.85. The van der Waals surface area contributed by atoms with E-state index in [2.05, 4.69) is 10.6 Å². The number of carbonyl (C=O) groups is 1. The molecule has 3 aliphatic heterocycles. The fourth-order valence-corrected chi connectivity index (χ4v) is 3.64. The van der Waals surface area contributed by atoms with Crippen LogP contribution in [0.25, 0.3) is 0 Å². The van der Waals surface area contributed by atoms with Gasteiger partial charge >= 0.3 is 0 Å². The Morgan fingerprint density at radius 2 is 2.22 bits per heavy atom. The molecule has 4 nitrogen and oxygen atoms in total. The zero-order chi connectivity index (χ0) is 12.4. The van der Waals surface area contributed by atoms with Crippen molar-refractivity contribution in [3.63, 3.8) is 0 Å². The van der Waals surface area contributed by atoms with Crippen molar-refractivity contribution < 1.29 is 9.53 Å². The molecule has 3 heterocycles. The van der Waals surface area contributed by atoms with Crippen molar-refractivity contribution in [3.8, 4) is 0 Å². The number of hydrogen-bond acceptors (Lipinski definition) is 3. The van der Waals surface area contributed by atoms with E-state index in [4.69, 9.17) is 4.74 Å². The van der Waals surface area contributed by atoms with Gasteiger partial charge in [0, 0.05) is 25.2 Å². The number of nitrogens with one attached hydrogen (secondary N) is 2. The third-order valence-electron chi connectivity index (χ3n) is 4.68. The summed E-state index contributed by atoms with van der Waals surface area (Å²) in [6.45, 7) is 1.67. The number of amides is 1. The first kappa shape index (κ1) is 12.4. The quantitative estimate of drug-likeness (QED) is 0.790. The molecule has 3 fully saturated rings. The number of rotatable bonds is 4. The number of carbonyl (C=O) groups excluding carboxylic acids is 1. The summed E-state index contributed by atoms with van der Waals surface area (Å²) in [5, 5.41) is 6.61. The van der Waals surface area contributed by atoms with Crippen LogP contribution in [0.2, 0.25) is 0 Å². The first-order chi connectivity index (χ1) is 8.83. The number of hydrogen-bond donors (Lipinski definition) is 2. The van der Waals surface area contributed by atoms with Crippen molar-refractivity contribution in [2.24, 2.45) is 5.92 Å². The first-order valence-corrected chi connectivity index (χ1v) is 7.48. The van der Waals surface area contributed by atoms with E-state index in [-0.39, 0.29) is 11.8 Å². The van der Waals surface area contributed by atoms with Crippen molar-refractivity contribution in [3.05, 3.63) is 0 Å². The largest absolute Gasteiger partial charge is 0.378 e. The van der Waals surface area contributed by atoms with Crippen molar-refractivity contribution >= 4 is 5.91 Å². The van der Waals surface area contributed by atoms with Gasteiger partial charge in [-0.25, -0.2) is 0 Å². The highest BCUT2D eigenvalue weighted by Gasteiger charge is 2.42. The van der Waals surface area contributed by atoms with Crippen LogP contribution in [0.3, 0.4) is 0 Å². The maximum Gasteiger partial charge on any atom is 0.224 e. The maximum atomic E-state index is 12.1. The molecule has 0 aliphatic carbocycles. The molecule has 2 N–H and O–H groups in total. The van der Waals surface area contributed by atoms with E-state index in [9.17, 15) is 4.79 Å². The molecule has 4 unspecified atom stereocenters. The predicted octanol–water partition coefficient (Wildman–Crippen LogP) is 1.20. The molecule has 0 aromatic carbocycles. The minimum atomic E-state index is 0.219. The molecule has 3 rings (SSSR count). The van der Waals surface area contributed by atoms with E-state index in [1.165, 1.54) is 25.7 Å². The van der Waals surface area contributed by atoms with E-state index < -0.39 is 0 Å². The van der Waals surface area contributed by atoms with Crippen LogP contribution in [0.5, 0.6) is 0 Å². The van der Waals surface area contributed by atoms with E-state index in [1.807, 2.05) is 0 Å². The summed E-state index contributed by atoms with van der Waals surface area (Å²) in [5.74, 6) is 0.474. The fraction of sp³-hybridized carbons (Fsp3) is 0.929. The van der Waals surface area contributed by atoms with Crippen LogP contribution in [0.15, 0.2) is 0 Å². The molecule has 0 saturated carbocycles. The molecule has 0 aromatic rings. The molecule has 3 aliphatic rings. The summed E-state index contributed by atoms with van der Waals surface area (Å²) in [7, 11) is 0. The van der Waals surface area contributed by atoms with Crippen molar-refractivity contribution in [1.82, 2.24) is 10.6 Å². The Hall–Kier alpha value is -0.610. The van der Waals surface area contributed by atoms with Crippen LogP contribution in [0.1, 0.15) is 44.9 Å². The minimum Gasteiger partial charge on any atom is -0.378 e. The number of fused-ring (bicyclic) bond motifs is 2. The summed E-state index contributed by atoms with van der Waals surface area (Å²) >= 11 is 0. The van der Waals surface area contributed by atoms with Crippen LogP contribution in [-0.2, 0) is 9.53 Å². The lowest BCUT2D eigenvalue weighted by atomic mass is 9.88. The molecule has 1 amide bonds. The minimum absolute atomic E-state index is 0.219. The van der Waals surface area contributed by atoms with E-state index >= 15 is 0 Å². The fourth-order valence-electron chi connectivity index (χ4n) is 3.64. The summed E-state index contributed by atoms with van der Waals surface area (Å²) < 4.78 is 5.67. The Labute approximate surface area is 109 Å². The van der Waals surface area contributed by atoms with Crippen LogP contribution < -0.4 is 10.6 Å². The van der Waals surface area contributed by atoms with Gasteiger partial charge in [-0.1, -0.05) is 0 Å². The Balaban J connectivity index is 1.36. The van der Waals surface area contributed by atoms with Crippen LogP contribution >= 0.6 is 0 Å². The van der Waals surface area contributed by atoms with Gasteiger partial charge in [-0.2, -0.15) is 0 Å². The second-order valence-electron chi connectivity index (χ2n) is 5.96. The van der Waals surface area contributed by atoms with E-state index in [1.54, 1.807) is 0 Å². The molecule has 102 valence electrons. The topological polar surface area (TPSA) is 50.4 Å². The lowest BCUT2D eigenvalue weighted by molar-refractivity contribution is -0.125. The molecular formula is C14H24N2O2. The SMILES string of the molecule is O=C(NCCC1CCCCO1)C1CC2CCC1N2. The summed E-state index contributed by atoms with van der Waals surface area (Å²) in [4.78, 5) is 12.1. The van der Waals surface area contributed by atoms with Gasteiger partial charge in [0.15, 0.2) is 0 Å². The highest BCUT2D eigenvalue weighted by molar-refractivity contribution is 5.80. The number of ether oxygens (including phenoxy) is 1. The van der Waals surface area contributed by atoms with Crippen LogP contribution in [0, 0.1) is 5.92 Å². The van der Waals surface area contributed by atoms with Crippen LogP contribution in [-0.4, -0.2) is 37.2 Å². The van der Waals surface area contributed by atoms with Gasteiger partial charge in [0.2, 0.25) is 5.91 Å². The van der Waals surface area contributed by atoms with Crippen LogP contribution in [0.4, 0.5) is 0 Å². The summed E-state index contributed by atoms with van der Waals surface area (Å²) in [6.07, 6.45) is 8.44. The maximum absolute atomic E-state index is 12.1. The zero-order valence-corrected chi connectivity index (χ0v) is 11.0. The van der Waals surface area contributed by atoms with Gasteiger partial charge in [-0.15, -0.1) is 0 Å². The van der Waals surface area contributed by atoms with Gasteiger partial charge in [0.25, 0.3) is 0 Å². The third kappa shape index (κ3) is 2.69. The first-order valence-electron chi connectivity index (χ1n) is 7.48. The Morgan fingerprint density at radius 1 is 1.28 bits per heavy atom. The zero-order valence-electron chi connectivity index (χ0n) is 11.0. The standard InChI is InChI=1S/C14H24N2O2/c17-14(12-9-10-4-5-13(12)16-10)15-7-6-11-3-1-2-8-18-11/h10-13,16H,1-9H2,(H,15,17). The predicted molar refractivity (Wildman–Crippen MR) is 69.3 cm³/mol. The molecule has 18 heavy (non-hydrogen) atoms. The Bertz CT molecular complexity index is 302. The van der Waals surface area contributed by atoms with Gasteiger partial charge in [-0.3, -0.25) is 4.79 Å². The smallest absolute Gasteiger partial charge is 0.224 e. The van der Waals surface area contributed by atoms with Crippen molar-refractivity contribution in [1.29, 1.82) is 0 Å². The average Bonchev–Trinajstić information content (AvgIpc) is 3.02. The summed E-state index contributed by atoms with van der Waals surface area (Å²) in [5.41, 5.74) is 0. The average molecular weight is 252 g/mol. The monoisotopic (exact) mass is 252 g/mol. The van der Waals surface area contributed by atoms with Gasteiger partial charge in [-0.05, 0) is 44.9 Å². The van der Waals surface area contributed by atoms with Gasteiger partial charge in [0.05, 0.1) is 12.0 Å². The van der Waals surface area contributed by atoms with Gasteiger partial charge < -0.3 is 15.4 Å². The lowest BCUT2D eigenvalue weighted by Gasteiger charge is -2.23.